The van der Waals surface area contributed by atoms with Gasteiger partial charge in [0.05, 0.1) is 28.3 Å². The lowest BCUT2D eigenvalue weighted by molar-refractivity contribution is 1.23. The van der Waals surface area contributed by atoms with Gasteiger partial charge in [-0.2, -0.15) is 0 Å². The van der Waals surface area contributed by atoms with E-state index in [4.69, 9.17) is 4.98 Å². The van der Waals surface area contributed by atoms with Crippen LogP contribution in [-0.2, 0) is 0 Å². The average Bonchev–Trinajstić information content (AvgIpc) is 3.03. The average molecular weight is 296 g/mol. The Kier molecular flexibility index (Phi) is 2.46. The Hall–Kier alpha value is -3.27. The lowest BCUT2D eigenvalue weighted by Crippen LogP contribution is -1.90. The van der Waals surface area contributed by atoms with Crippen LogP contribution in [0.1, 0.15) is 0 Å². The first-order chi connectivity index (χ1) is 11.4. The molecule has 0 aliphatic rings. The van der Waals surface area contributed by atoms with Gasteiger partial charge < -0.3 is 4.98 Å². The highest BCUT2D eigenvalue weighted by Gasteiger charge is 2.08. The quantitative estimate of drug-likeness (QED) is 0.468. The monoisotopic (exact) mass is 296 g/mol. The minimum Gasteiger partial charge on any atom is -0.337 e. The number of aromatic amines is 1. The molecule has 2 aromatic heterocycles. The number of H-pyrrole nitrogens is 1. The molecule has 5 aromatic rings. The number of para-hydroxylation sites is 2. The van der Waals surface area contributed by atoms with E-state index in [9.17, 15) is 0 Å². The number of nitrogens with one attached hydrogen (secondary N) is 1. The van der Waals surface area contributed by atoms with Crippen molar-refractivity contribution in [2.24, 2.45) is 0 Å². The Morgan fingerprint density at radius 3 is 2.26 bits per heavy atom. The second kappa shape index (κ2) is 4.61. The van der Waals surface area contributed by atoms with Crippen LogP contribution < -0.4 is 0 Å². The van der Waals surface area contributed by atoms with E-state index in [1.807, 2.05) is 36.4 Å². The maximum Gasteiger partial charge on any atom is 0.158 e. The third-order valence-electron chi connectivity index (χ3n) is 4.04. The summed E-state index contributed by atoms with van der Waals surface area (Å²) in [5.74, 6) is 0.744. The molecule has 4 heteroatoms. The minimum absolute atomic E-state index is 0.744. The zero-order valence-corrected chi connectivity index (χ0v) is 12.2. The van der Waals surface area contributed by atoms with Gasteiger partial charge >= 0.3 is 0 Å². The van der Waals surface area contributed by atoms with Crippen molar-refractivity contribution in [3.8, 4) is 11.5 Å². The van der Waals surface area contributed by atoms with Gasteiger partial charge in [0, 0.05) is 0 Å². The van der Waals surface area contributed by atoms with Gasteiger partial charge in [0.1, 0.15) is 5.69 Å². The number of hydrogen-bond donors (Lipinski definition) is 1. The summed E-state index contributed by atoms with van der Waals surface area (Å²) in [5.41, 5.74) is 4.46. The van der Waals surface area contributed by atoms with Gasteiger partial charge in [-0.05, 0) is 35.0 Å². The van der Waals surface area contributed by atoms with Crippen LogP contribution >= 0.6 is 0 Å². The lowest BCUT2D eigenvalue weighted by Gasteiger charge is -2.02. The molecule has 108 valence electrons. The number of nitrogens with zero attached hydrogens (tertiary/aromatic N) is 3. The van der Waals surface area contributed by atoms with Gasteiger partial charge in [-0.3, -0.25) is 4.98 Å². The first kappa shape index (κ1) is 12.3. The first-order valence-corrected chi connectivity index (χ1v) is 7.47. The smallest absolute Gasteiger partial charge is 0.158 e. The predicted molar refractivity (Wildman–Crippen MR) is 92.1 cm³/mol. The van der Waals surface area contributed by atoms with Crippen molar-refractivity contribution in [3.63, 3.8) is 0 Å². The van der Waals surface area contributed by atoms with Crippen molar-refractivity contribution >= 4 is 32.8 Å². The van der Waals surface area contributed by atoms with Crippen LogP contribution in [-0.4, -0.2) is 19.9 Å². The highest BCUT2D eigenvalue weighted by molar-refractivity contribution is 5.95. The van der Waals surface area contributed by atoms with Crippen LogP contribution in [0.5, 0.6) is 0 Å². The van der Waals surface area contributed by atoms with E-state index in [1.54, 1.807) is 6.20 Å². The molecule has 5 rings (SSSR count). The van der Waals surface area contributed by atoms with Crippen molar-refractivity contribution in [1.29, 1.82) is 0 Å². The Morgan fingerprint density at radius 1 is 0.696 bits per heavy atom. The van der Waals surface area contributed by atoms with E-state index in [0.717, 1.165) is 39.0 Å². The van der Waals surface area contributed by atoms with Crippen molar-refractivity contribution in [2.75, 3.05) is 0 Å². The number of fused-ring (bicyclic) bond motifs is 3. The van der Waals surface area contributed by atoms with E-state index in [2.05, 4.69) is 39.2 Å². The largest absolute Gasteiger partial charge is 0.337 e. The molecule has 0 aliphatic carbocycles. The fraction of sp³-hybridized carbons (Fsp3) is 0. The standard InChI is InChI=1S/C19H12N4/c1-2-6-13-10-17-16(9-12(13)5-1)20-11-18(21-17)19-22-14-7-3-4-8-15(14)23-19/h1-11H,(H,22,23). The molecule has 0 radical (unpaired) electrons. The summed E-state index contributed by atoms with van der Waals surface area (Å²) in [4.78, 5) is 17.2. The summed E-state index contributed by atoms with van der Waals surface area (Å²) in [6.07, 6.45) is 1.77. The van der Waals surface area contributed by atoms with Gasteiger partial charge in [-0.15, -0.1) is 0 Å². The molecule has 0 aliphatic heterocycles. The second-order valence-corrected chi connectivity index (χ2v) is 5.55. The van der Waals surface area contributed by atoms with E-state index in [1.165, 1.54) is 5.39 Å². The topological polar surface area (TPSA) is 54.5 Å². The summed E-state index contributed by atoms with van der Waals surface area (Å²) in [6.45, 7) is 0. The summed E-state index contributed by atoms with van der Waals surface area (Å²) >= 11 is 0. The fourth-order valence-corrected chi connectivity index (χ4v) is 2.89. The van der Waals surface area contributed by atoms with Gasteiger partial charge in [0.25, 0.3) is 0 Å². The van der Waals surface area contributed by atoms with Crippen molar-refractivity contribution < 1.29 is 0 Å². The van der Waals surface area contributed by atoms with E-state index in [-0.39, 0.29) is 0 Å². The predicted octanol–water partition coefficient (Wildman–Crippen LogP) is 4.33. The molecule has 0 unspecified atom stereocenters. The van der Waals surface area contributed by atoms with Crippen molar-refractivity contribution in [1.82, 2.24) is 19.9 Å². The maximum atomic E-state index is 4.73. The lowest BCUT2D eigenvalue weighted by atomic mass is 10.1. The highest BCUT2D eigenvalue weighted by atomic mass is 15.0. The summed E-state index contributed by atoms with van der Waals surface area (Å²) < 4.78 is 0. The number of benzene rings is 3. The molecule has 2 heterocycles. The number of hydrogen-bond acceptors (Lipinski definition) is 3. The van der Waals surface area contributed by atoms with E-state index >= 15 is 0 Å². The molecular weight excluding hydrogens is 284 g/mol. The van der Waals surface area contributed by atoms with Crippen LogP contribution in [0, 0.1) is 0 Å². The molecule has 0 atom stereocenters. The van der Waals surface area contributed by atoms with Crippen LogP contribution in [0.2, 0.25) is 0 Å². The zero-order valence-electron chi connectivity index (χ0n) is 12.2. The van der Waals surface area contributed by atoms with Crippen molar-refractivity contribution in [3.05, 3.63) is 66.9 Å². The van der Waals surface area contributed by atoms with Gasteiger partial charge in [-0.1, -0.05) is 36.4 Å². The van der Waals surface area contributed by atoms with Crippen LogP contribution in [0.15, 0.2) is 66.9 Å². The third-order valence-corrected chi connectivity index (χ3v) is 4.04. The molecule has 0 fully saturated rings. The molecule has 0 saturated heterocycles. The van der Waals surface area contributed by atoms with Crippen molar-refractivity contribution in [2.45, 2.75) is 0 Å². The van der Waals surface area contributed by atoms with Crippen LogP contribution in [0.3, 0.4) is 0 Å². The fourth-order valence-electron chi connectivity index (χ4n) is 2.89. The summed E-state index contributed by atoms with van der Waals surface area (Å²) in [5, 5.41) is 2.34. The molecule has 0 spiro atoms. The maximum absolute atomic E-state index is 4.73. The third kappa shape index (κ3) is 1.96. The Labute approximate surface area is 131 Å². The summed E-state index contributed by atoms with van der Waals surface area (Å²) in [6, 6.07) is 20.3. The van der Waals surface area contributed by atoms with E-state index < -0.39 is 0 Å². The van der Waals surface area contributed by atoms with E-state index in [0.29, 0.717) is 0 Å². The van der Waals surface area contributed by atoms with Gasteiger partial charge in [0.15, 0.2) is 5.82 Å². The molecule has 1 N–H and O–H groups in total. The second-order valence-electron chi connectivity index (χ2n) is 5.55. The first-order valence-electron chi connectivity index (χ1n) is 7.47. The van der Waals surface area contributed by atoms with Crippen LogP contribution in [0.4, 0.5) is 0 Å². The highest BCUT2D eigenvalue weighted by Crippen LogP contribution is 2.23. The SMILES string of the molecule is c1ccc2cc3nc(-c4nc5ccccc5[nH]4)cnc3cc2c1. The van der Waals surface area contributed by atoms with Gasteiger partial charge in [-0.25, -0.2) is 9.97 Å². The molecule has 3 aromatic carbocycles. The van der Waals surface area contributed by atoms with Crippen LogP contribution in [0.25, 0.3) is 44.4 Å². The van der Waals surface area contributed by atoms with Gasteiger partial charge in [0.2, 0.25) is 0 Å². The number of aromatic nitrogens is 4. The Bertz CT molecular complexity index is 1140. The Morgan fingerprint density at radius 2 is 1.43 bits per heavy atom. The summed E-state index contributed by atoms with van der Waals surface area (Å²) in [7, 11) is 0. The molecule has 0 amide bonds. The molecule has 4 nitrogen and oxygen atoms in total. The minimum atomic E-state index is 0.744. The molecular formula is C19H12N4. The number of imidazole rings is 1. The molecule has 23 heavy (non-hydrogen) atoms. The Balaban J connectivity index is 1.73. The number of rotatable bonds is 1. The molecule has 0 bridgehead atoms. The normalized spacial score (nSPS) is 11.5. The zero-order chi connectivity index (χ0) is 15.2. The molecule has 0 saturated carbocycles.